The van der Waals surface area contributed by atoms with E-state index in [1.807, 2.05) is 36.5 Å². The van der Waals surface area contributed by atoms with Gasteiger partial charge in [-0.05, 0) is 52.5 Å². The number of fused-ring (bicyclic) bond motifs is 3. The SMILES string of the molecule is CC(C)(C)Cc1ccnc(-c2[c-]ccc3c2oc2ccccc23)c1.Cc1c[c-]c(-c2cc(Cc3ccccc3)c([Si](C)(C)C)cn2)cc1.[Ir]. The first kappa shape index (κ1) is 36.1. The number of furan rings is 1. The Bertz CT molecular complexity index is 2160. The van der Waals surface area contributed by atoms with Crippen LogP contribution < -0.4 is 5.19 Å². The van der Waals surface area contributed by atoms with E-state index in [-0.39, 0.29) is 25.5 Å². The molecule has 0 fully saturated rings. The number of aryl methyl sites for hydroxylation is 1. The summed E-state index contributed by atoms with van der Waals surface area (Å²) >= 11 is 0. The van der Waals surface area contributed by atoms with Crippen LogP contribution in [0.2, 0.25) is 19.6 Å². The predicted molar refractivity (Wildman–Crippen MR) is 204 cm³/mol. The van der Waals surface area contributed by atoms with E-state index >= 15 is 0 Å². The molecule has 0 unspecified atom stereocenters. The van der Waals surface area contributed by atoms with E-state index in [0.717, 1.165) is 57.3 Å². The maximum Gasteiger partial charge on any atom is 0.120 e. The molecule has 0 saturated heterocycles. The van der Waals surface area contributed by atoms with Gasteiger partial charge in [-0.3, -0.25) is 0 Å². The molecule has 5 heteroatoms. The Morgan fingerprint density at radius 3 is 2.22 bits per heavy atom. The summed E-state index contributed by atoms with van der Waals surface area (Å²) in [6, 6.07) is 42.3. The van der Waals surface area contributed by atoms with Crippen LogP contribution in [-0.2, 0) is 32.9 Å². The number of para-hydroxylation sites is 1. The quantitative estimate of drug-likeness (QED) is 0.124. The molecule has 0 aliphatic rings. The molecule has 0 bridgehead atoms. The standard InChI is InChI=1S/C22H20NO.C22H24NSi.Ir/c1-22(2,3)14-15-11-12-23-19(13-15)18-9-6-8-17-16-7-4-5-10-20(16)24-21(17)18;1-17-10-12-19(13-11-17)21-15-20(14-18-8-6-5-7-9-18)22(16-23-21)24(2,3)4;/h4-8,10-13H,14H2,1-3H3;5-12,15-16H,14H2,1-4H3;/q2*-1;. The molecule has 3 nitrogen and oxygen atoms in total. The normalized spacial score (nSPS) is 11.6. The van der Waals surface area contributed by atoms with Crippen molar-refractivity contribution in [1.82, 2.24) is 9.97 Å². The van der Waals surface area contributed by atoms with Crippen LogP contribution in [0.25, 0.3) is 44.5 Å². The van der Waals surface area contributed by atoms with E-state index in [9.17, 15) is 0 Å². The third kappa shape index (κ3) is 8.91. The van der Waals surface area contributed by atoms with E-state index in [1.165, 1.54) is 27.4 Å². The van der Waals surface area contributed by atoms with Crippen LogP contribution in [0.3, 0.4) is 0 Å². The van der Waals surface area contributed by atoms with Crippen molar-refractivity contribution in [3.63, 3.8) is 0 Å². The molecule has 1 radical (unpaired) electrons. The van der Waals surface area contributed by atoms with Gasteiger partial charge in [-0.15, -0.1) is 53.6 Å². The zero-order valence-corrected chi connectivity index (χ0v) is 32.9. The van der Waals surface area contributed by atoms with E-state index in [2.05, 4.69) is 143 Å². The molecule has 0 N–H and O–H groups in total. The van der Waals surface area contributed by atoms with Gasteiger partial charge < -0.3 is 14.4 Å². The van der Waals surface area contributed by atoms with Gasteiger partial charge in [0.1, 0.15) is 5.58 Å². The van der Waals surface area contributed by atoms with Crippen LogP contribution in [0.1, 0.15) is 43.0 Å². The number of hydrogen-bond donors (Lipinski definition) is 0. The number of nitrogens with zero attached hydrogens (tertiary/aromatic N) is 2. The van der Waals surface area contributed by atoms with E-state index in [1.54, 1.807) is 0 Å². The summed E-state index contributed by atoms with van der Waals surface area (Å²) in [6.45, 7) is 16.0. The van der Waals surface area contributed by atoms with E-state index in [0.29, 0.717) is 0 Å². The number of rotatable bonds is 6. The average molecular weight is 837 g/mol. The van der Waals surface area contributed by atoms with Crippen molar-refractivity contribution in [2.24, 2.45) is 5.41 Å². The van der Waals surface area contributed by atoms with Gasteiger partial charge in [0.25, 0.3) is 0 Å². The smallest absolute Gasteiger partial charge is 0.120 e. The van der Waals surface area contributed by atoms with Crippen LogP contribution in [0.15, 0.2) is 120 Å². The molecule has 49 heavy (non-hydrogen) atoms. The van der Waals surface area contributed by atoms with Gasteiger partial charge in [0, 0.05) is 37.9 Å². The molecule has 251 valence electrons. The largest absolute Gasteiger partial charge is 0.501 e. The van der Waals surface area contributed by atoms with Crippen LogP contribution in [0.5, 0.6) is 0 Å². The third-order valence-corrected chi connectivity index (χ3v) is 10.5. The van der Waals surface area contributed by atoms with E-state index < -0.39 is 8.07 Å². The van der Waals surface area contributed by atoms with Gasteiger partial charge in [-0.2, -0.15) is 0 Å². The average Bonchev–Trinajstić information content (AvgIpc) is 3.44. The maximum atomic E-state index is 6.11. The second-order valence-electron chi connectivity index (χ2n) is 14.9. The zero-order chi connectivity index (χ0) is 33.9. The minimum absolute atomic E-state index is 0. The van der Waals surface area contributed by atoms with E-state index in [4.69, 9.17) is 9.40 Å². The molecule has 3 heterocycles. The molecule has 0 amide bonds. The molecule has 0 saturated carbocycles. The van der Waals surface area contributed by atoms with Crippen LogP contribution in [0, 0.1) is 24.5 Å². The van der Waals surface area contributed by atoms with Crippen molar-refractivity contribution in [3.8, 4) is 22.5 Å². The molecule has 0 aliphatic heterocycles. The second kappa shape index (κ2) is 15.2. The maximum absolute atomic E-state index is 6.11. The molecular weight excluding hydrogens is 793 g/mol. The Hall–Kier alpha value is -4.15. The topological polar surface area (TPSA) is 38.9 Å². The molecule has 3 aromatic heterocycles. The van der Waals surface area contributed by atoms with Crippen molar-refractivity contribution in [2.75, 3.05) is 0 Å². The summed E-state index contributed by atoms with van der Waals surface area (Å²) in [5.41, 5.74) is 11.2. The molecular formula is C44H44IrN2OSi-2. The Balaban J connectivity index is 0.000000187. The van der Waals surface area contributed by atoms with Crippen LogP contribution >= 0.6 is 0 Å². The summed E-state index contributed by atoms with van der Waals surface area (Å²) in [4.78, 5) is 9.32. The first-order chi connectivity index (χ1) is 22.9. The second-order valence-corrected chi connectivity index (χ2v) is 19.9. The van der Waals surface area contributed by atoms with Gasteiger partial charge >= 0.3 is 0 Å². The predicted octanol–water partition coefficient (Wildman–Crippen LogP) is 11.0. The van der Waals surface area contributed by atoms with Gasteiger partial charge in [0.2, 0.25) is 0 Å². The molecule has 7 rings (SSSR count). The Kier molecular flexibility index (Phi) is 11.2. The zero-order valence-electron chi connectivity index (χ0n) is 29.5. The van der Waals surface area contributed by atoms with Crippen molar-refractivity contribution in [2.45, 2.75) is 60.2 Å². The molecule has 7 aromatic rings. The molecule has 0 atom stereocenters. The molecule has 4 aromatic carbocycles. The van der Waals surface area contributed by atoms with Crippen molar-refractivity contribution in [1.29, 1.82) is 0 Å². The first-order valence-corrected chi connectivity index (χ1v) is 20.2. The fourth-order valence-electron chi connectivity index (χ4n) is 6.16. The fourth-order valence-corrected chi connectivity index (χ4v) is 7.73. The molecule has 0 spiro atoms. The summed E-state index contributed by atoms with van der Waals surface area (Å²) < 4.78 is 6.11. The Morgan fingerprint density at radius 1 is 0.755 bits per heavy atom. The van der Waals surface area contributed by atoms with Crippen LogP contribution in [-0.4, -0.2) is 18.0 Å². The van der Waals surface area contributed by atoms with Gasteiger partial charge in [-0.25, -0.2) is 0 Å². The van der Waals surface area contributed by atoms with Gasteiger partial charge in [-0.1, -0.05) is 130 Å². The summed E-state index contributed by atoms with van der Waals surface area (Å²) in [6.07, 6.45) is 5.96. The van der Waals surface area contributed by atoms with Crippen molar-refractivity contribution < 1.29 is 24.5 Å². The number of hydrogen-bond acceptors (Lipinski definition) is 3. The number of aromatic nitrogens is 2. The molecule has 0 aliphatic carbocycles. The third-order valence-electron chi connectivity index (χ3n) is 8.43. The van der Waals surface area contributed by atoms with Gasteiger partial charge in [0.05, 0.1) is 13.7 Å². The summed E-state index contributed by atoms with van der Waals surface area (Å²) in [7, 11) is -1.44. The Labute approximate surface area is 306 Å². The summed E-state index contributed by atoms with van der Waals surface area (Å²) in [5.74, 6) is 0. The minimum atomic E-state index is -1.44. The fraction of sp³-hybridized carbons (Fsp3) is 0.227. The minimum Gasteiger partial charge on any atom is -0.501 e. The summed E-state index contributed by atoms with van der Waals surface area (Å²) in [5, 5.41) is 3.69. The Morgan fingerprint density at radius 2 is 1.51 bits per heavy atom. The first-order valence-electron chi connectivity index (χ1n) is 16.7. The van der Waals surface area contributed by atoms with Crippen molar-refractivity contribution in [3.05, 3.63) is 150 Å². The van der Waals surface area contributed by atoms with Gasteiger partial charge in [0.15, 0.2) is 0 Å². The van der Waals surface area contributed by atoms with Crippen LogP contribution in [0.4, 0.5) is 0 Å². The number of pyridine rings is 2. The van der Waals surface area contributed by atoms with Crippen molar-refractivity contribution >= 4 is 35.2 Å². The monoisotopic (exact) mass is 837 g/mol. The number of benzene rings is 4.